The van der Waals surface area contributed by atoms with Crippen LogP contribution in [-0.2, 0) is 6.42 Å². The second kappa shape index (κ2) is 5.20. The molecule has 0 heterocycles. The maximum absolute atomic E-state index is 10.1. The largest absolute Gasteiger partial charge is 0.390 e. The van der Waals surface area contributed by atoms with Gasteiger partial charge in [0.25, 0.3) is 0 Å². The van der Waals surface area contributed by atoms with Gasteiger partial charge in [-0.2, -0.15) is 0 Å². The second-order valence-corrected chi connectivity index (χ2v) is 4.92. The van der Waals surface area contributed by atoms with E-state index in [-0.39, 0.29) is 0 Å². The Bertz CT molecular complexity index is 334. The van der Waals surface area contributed by atoms with Gasteiger partial charge in [-0.15, -0.1) is 0 Å². The summed E-state index contributed by atoms with van der Waals surface area (Å²) in [6.45, 7) is 3.88. The summed E-state index contributed by atoms with van der Waals surface area (Å²) < 4.78 is 0. The average molecular weight is 247 g/mol. The van der Waals surface area contributed by atoms with Gasteiger partial charge in [-0.25, -0.2) is 0 Å². The van der Waals surface area contributed by atoms with Crippen LogP contribution in [0.1, 0.15) is 32.3 Å². The molecule has 0 saturated heterocycles. The maximum Gasteiger partial charge on any atom is 0.0660 e. The molecular formula is C12H16Cl2O. The van der Waals surface area contributed by atoms with Crippen LogP contribution in [0.5, 0.6) is 0 Å². The maximum atomic E-state index is 10.1. The molecule has 1 aromatic rings. The van der Waals surface area contributed by atoms with Crippen molar-refractivity contribution in [3.63, 3.8) is 0 Å². The molecule has 0 saturated carbocycles. The lowest BCUT2D eigenvalue weighted by molar-refractivity contribution is 0.0506. The van der Waals surface area contributed by atoms with Gasteiger partial charge in [0.15, 0.2) is 0 Å². The highest BCUT2D eigenvalue weighted by molar-refractivity contribution is 6.42. The predicted molar refractivity (Wildman–Crippen MR) is 65.7 cm³/mol. The molecule has 3 heteroatoms. The second-order valence-electron chi connectivity index (χ2n) is 4.14. The normalized spacial score (nSPS) is 15.0. The van der Waals surface area contributed by atoms with Gasteiger partial charge < -0.3 is 5.11 Å². The zero-order valence-corrected chi connectivity index (χ0v) is 10.6. The van der Waals surface area contributed by atoms with E-state index in [2.05, 4.69) is 0 Å². The summed E-state index contributed by atoms with van der Waals surface area (Å²) in [6, 6.07) is 5.51. The molecule has 84 valence electrons. The number of aliphatic hydroxyl groups is 1. The smallest absolute Gasteiger partial charge is 0.0660 e. The molecule has 15 heavy (non-hydrogen) atoms. The van der Waals surface area contributed by atoms with Crippen molar-refractivity contribution >= 4 is 23.2 Å². The standard InChI is InChI=1S/C12H16Cl2O/c1-3-7-12(2,15)8-9-5-4-6-10(13)11(9)14/h4-6,15H,3,7-8H2,1-2H3. The molecule has 0 aliphatic heterocycles. The van der Waals surface area contributed by atoms with E-state index in [9.17, 15) is 5.11 Å². The summed E-state index contributed by atoms with van der Waals surface area (Å²) >= 11 is 12.0. The van der Waals surface area contributed by atoms with Gasteiger partial charge in [0.1, 0.15) is 0 Å². The van der Waals surface area contributed by atoms with E-state index in [1.807, 2.05) is 26.0 Å². The first-order valence-electron chi connectivity index (χ1n) is 5.11. The third-order valence-electron chi connectivity index (χ3n) is 2.39. The van der Waals surface area contributed by atoms with Gasteiger partial charge in [0.2, 0.25) is 0 Å². The van der Waals surface area contributed by atoms with Crippen LogP contribution in [0.4, 0.5) is 0 Å². The highest BCUT2D eigenvalue weighted by atomic mass is 35.5. The zero-order valence-electron chi connectivity index (χ0n) is 9.06. The van der Waals surface area contributed by atoms with Crippen LogP contribution in [0.25, 0.3) is 0 Å². The van der Waals surface area contributed by atoms with E-state index in [0.29, 0.717) is 16.5 Å². The molecule has 0 aromatic heterocycles. The van der Waals surface area contributed by atoms with Crippen LogP contribution in [0, 0.1) is 0 Å². The average Bonchev–Trinajstić information content (AvgIpc) is 2.12. The Morgan fingerprint density at radius 2 is 2.00 bits per heavy atom. The van der Waals surface area contributed by atoms with Crippen LogP contribution in [-0.4, -0.2) is 10.7 Å². The minimum absolute atomic E-state index is 0.542. The van der Waals surface area contributed by atoms with E-state index in [0.717, 1.165) is 18.4 Å². The third kappa shape index (κ3) is 3.67. The van der Waals surface area contributed by atoms with Crippen LogP contribution >= 0.6 is 23.2 Å². The third-order valence-corrected chi connectivity index (χ3v) is 3.25. The lowest BCUT2D eigenvalue weighted by Crippen LogP contribution is -2.26. The van der Waals surface area contributed by atoms with E-state index in [4.69, 9.17) is 23.2 Å². The monoisotopic (exact) mass is 246 g/mol. The fraction of sp³-hybridized carbons (Fsp3) is 0.500. The van der Waals surface area contributed by atoms with Crippen molar-refractivity contribution in [3.05, 3.63) is 33.8 Å². The Labute approximate surface area is 101 Å². The van der Waals surface area contributed by atoms with Crippen LogP contribution < -0.4 is 0 Å². The fourth-order valence-electron chi connectivity index (χ4n) is 1.72. The van der Waals surface area contributed by atoms with Crippen molar-refractivity contribution in [2.45, 2.75) is 38.7 Å². The van der Waals surface area contributed by atoms with E-state index in [1.165, 1.54) is 0 Å². The summed E-state index contributed by atoms with van der Waals surface area (Å²) in [4.78, 5) is 0. The number of hydrogen-bond acceptors (Lipinski definition) is 1. The molecule has 1 rings (SSSR count). The summed E-state index contributed by atoms with van der Waals surface area (Å²) in [7, 11) is 0. The van der Waals surface area contributed by atoms with Crippen molar-refractivity contribution in [3.8, 4) is 0 Å². The van der Waals surface area contributed by atoms with Crippen LogP contribution in [0.2, 0.25) is 10.0 Å². The summed E-state index contributed by atoms with van der Waals surface area (Å²) in [5, 5.41) is 11.2. The molecule has 0 radical (unpaired) electrons. The number of benzene rings is 1. The quantitative estimate of drug-likeness (QED) is 0.849. The van der Waals surface area contributed by atoms with Crippen molar-refractivity contribution in [2.75, 3.05) is 0 Å². The Morgan fingerprint density at radius 3 is 2.60 bits per heavy atom. The Kier molecular flexibility index (Phi) is 4.45. The minimum atomic E-state index is -0.705. The molecule has 0 amide bonds. The molecule has 0 aliphatic rings. The van der Waals surface area contributed by atoms with Gasteiger partial charge in [-0.05, 0) is 25.0 Å². The summed E-state index contributed by atoms with van der Waals surface area (Å²) in [5.41, 5.74) is 0.200. The van der Waals surface area contributed by atoms with Gasteiger partial charge in [0, 0.05) is 6.42 Å². The molecule has 1 N–H and O–H groups in total. The first-order chi connectivity index (χ1) is 6.96. The van der Waals surface area contributed by atoms with Crippen LogP contribution in [0.15, 0.2) is 18.2 Å². The molecule has 1 atom stereocenters. The fourth-order valence-corrected chi connectivity index (χ4v) is 2.11. The van der Waals surface area contributed by atoms with Crippen LogP contribution in [0.3, 0.4) is 0 Å². The number of hydrogen-bond donors (Lipinski definition) is 1. The SMILES string of the molecule is CCCC(C)(O)Cc1cccc(Cl)c1Cl. The molecule has 0 aliphatic carbocycles. The molecule has 1 aromatic carbocycles. The number of halogens is 2. The molecule has 1 nitrogen and oxygen atoms in total. The summed E-state index contributed by atoms with van der Waals surface area (Å²) in [5.74, 6) is 0. The zero-order chi connectivity index (χ0) is 11.5. The Balaban J connectivity index is 2.85. The molecular weight excluding hydrogens is 231 g/mol. The minimum Gasteiger partial charge on any atom is -0.390 e. The van der Waals surface area contributed by atoms with Crippen molar-refractivity contribution < 1.29 is 5.11 Å². The van der Waals surface area contributed by atoms with Gasteiger partial charge in [-0.1, -0.05) is 48.7 Å². The van der Waals surface area contributed by atoms with Gasteiger partial charge >= 0.3 is 0 Å². The molecule has 0 bridgehead atoms. The van der Waals surface area contributed by atoms with E-state index >= 15 is 0 Å². The molecule has 1 unspecified atom stereocenters. The molecule has 0 fully saturated rings. The summed E-state index contributed by atoms with van der Waals surface area (Å²) in [6.07, 6.45) is 2.25. The Hall–Kier alpha value is -0.240. The highest BCUT2D eigenvalue weighted by Gasteiger charge is 2.21. The Morgan fingerprint density at radius 1 is 1.33 bits per heavy atom. The predicted octanol–water partition coefficient (Wildman–Crippen LogP) is 4.09. The highest BCUT2D eigenvalue weighted by Crippen LogP contribution is 2.29. The van der Waals surface area contributed by atoms with Gasteiger partial charge in [-0.3, -0.25) is 0 Å². The van der Waals surface area contributed by atoms with Crippen molar-refractivity contribution in [1.82, 2.24) is 0 Å². The number of rotatable bonds is 4. The first-order valence-corrected chi connectivity index (χ1v) is 5.87. The lowest BCUT2D eigenvalue weighted by atomic mass is 9.92. The first kappa shape index (κ1) is 12.8. The molecule has 0 spiro atoms. The van der Waals surface area contributed by atoms with E-state index in [1.54, 1.807) is 6.07 Å². The van der Waals surface area contributed by atoms with Crippen molar-refractivity contribution in [1.29, 1.82) is 0 Å². The van der Waals surface area contributed by atoms with E-state index < -0.39 is 5.60 Å². The topological polar surface area (TPSA) is 20.2 Å². The van der Waals surface area contributed by atoms with Gasteiger partial charge in [0.05, 0.1) is 15.6 Å². The van der Waals surface area contributed by atoms with Crippen molar-refractivity contribution in [2.24, 2.45) is 0 Å². The lowest BCUT2D eigenvalue weighted by Gasteiger charge is -2.23.